The molecule has 0 bridgehead atoms. The molecule has 3 rings (SSSR count). The Hall–Kier alpha value is -2.63. The molecule has 1 saturated heterocycles. The van der Waals surface area contributed by atoms with Crippen molar-refractivity contribution in [1.29, 1.82) is 0 Å². The van der Waals surface area contributed by atoms with Crippen LogP contribution in [0.25, 0.3) is 5.69 Å². The molecule has 0 aliphatic carbocycles. The van der Waals surface area contributed by atoms with Crippen LogP contribution >= 0.6 is 0 Å². The Kier molecular flexibility index (Phi) is 4.88. The van der Waals surface area contributed by atoms with Crippen molar-refractivity contribution in [3.8, 4) is 11.4 Å². The molecule has 1 aliphatic rings. The molecule has 0 N–H and O–H groups in total. The van der Waals surface area contributed by atoms with Gasteiger partial charge in [0.1, 0.15) is 0 Å². The van der Waals surface area contributed by atoms with Crippen molar-refractivity contribution in [3.05, 3.63) is 52.4 Å². The zero-order chi connectivity index (χ0) is 18.0. The molecule has 1 aliphatic heterocycles. The molecule has 6 nitrogen and oxygen atoms in total. The molecular formula is C19H23N3O3. The Morgan fingerprint density at radius 1 is 1.16 bits per heavy atom. The number of carbonyl (C=O) groups is 1. The maximum Gasteiger partial charge on any atom is 0.278 e. The second-order valence-electron chi connectivity index (χ2n) is 6.49. The first-order valence-electron chi connectivity index (χ1n) is 8.59. The lowest BCUT2D eigenvalue weighted by Gasteiger charge is -2.38. The summed E-state index contributed by atoms with van der Waals surface area (Å²) in [5.41, 5.74) is 0.454. The van der Waals surface area contributed by atoms with Crippen LogP contribution in [0.2, 0.25) is 0 Å². The Morgan fingerprint density at radius 3 is 2.40 bits per heavy atom. The van der Waals surface area contributed by atoms with E-state index >= 15 is 0 Å². The van der Waals surface area contributed by atoms with Gasteiger partial charge in [-0.25, -0.2) is 0 Å². The highest BCUT2D eigenvalue weighted by Crippen LogP contribution is 2.26. The van der Waals surface area contributed by atoms with E-state index in [-0.39, 0.29) is 35.0 Å². The summed E-state index contributed by atoms with van der Waals surface area (Å²) in [5.74, 6) is 0.0217. The first kappa shape index (κ1) is 17.2. The number of ether oxygens (including phenoxy) is 1. The molecule has 2 aromatic rings. The van der Waals surface area contributed by atoms with E-state index in [1.54, 1.807) is 12.1 Å². The Morgan fingerprint density at radius 2 is 1.80 bits per heavy atom. The highest BCUT2D eigenvalue weighted by atomic mass is 16.5. The van der Waals surface area contributed by atoms with Gasteiger partial charge in [-0.05, 0) is 45.2 Å². The largest absolute Gasteiger partial charge is 0.494 e. The van der Waals surface area contributed by atoms with Crippen molar-refractivity contribution in [2.75, 3.05) is 7.11 Å². The number of hydrogen-bond donors (Lipinski definition) is 0. The van der Waals surface area contributed by atoms with Gasteiger partial charge in [-0.2, -0.15) is 9.78 Å². The van der Waals surface area contributed by atoms with Gasteiger partial charge >= 0.3 is 0 Å². The Bertz CT molecular complexity index is 806. The third-order valence-electron chi connectivity index (χ3n) is 4.75. The van der Waals surface area contributed by atoms with Crippen molar-refractivity contribution in [3.63, 3.8) is 0 Å². The maximum absolute atomic E-state index is 13.2. The average molecular weight is 341 g/mol. The molecule has 2 atom stereocenters. The van der Waals surface area contributed by atoms with Crippen molar-refractivity contribution in [2.45, 2.75) is 45.2 Å². The zero-order valence-electron chi connectivity index (χ0n) is 14.8. The molecule has 0 radical (unpaired) electrons. The van der Waals surface area contributed by atoms with Gasteiger partial charge in [0.15, 0.2) is 11.4 Å². The molecule has 0 spiro atoms. The predicted octanol–water partition coefficient (Wildman–Crippen LogP) is 2.64. The standard InChI is InChI=1S/C19H23N3O3/c1-13-8-7-9-14(2)21(13)19(24)18-16(25-3)12-17(23)22(20-18)15-10-5-4-6-11-15/h4-6,10-14H,7-9H2,1-3H3/t13-,14-/m1/s1. The number of piperidine rings is 1. The van der Waals surface area contributed by atoms with Crippen LogP contribution < -0.4 is 10.3 Å². The molecule has 0 unspecified atom stereocenters. The van der Waals surface area contributed by atoms with E-state index in [1.807, 2.05) is 36.9 Å². The van der Waals surface area contributed by atoms with Crippen molar-refractivity contribution in [1.82, 2.24) is 14.7 Å². The van der Waals surface area contributed by atoms with E-state index in [0.29, 0.717) is 5.69 Å². The molecule has 0 saturated carbocycles. The quantitative estimate of drug-likeness (QED) is 0.861. The average Bonchev–Trinajstić information content (AvgIpc) is 2.61. The van der Waals surface area contributed by atoms with E-state index in [9.17, 15) is 9.59 Å². The number of rotatable bonds is 3. The number of carbonyl (C=O) groups excluding carboxylic acids is 1. The van der Waals surface area contributed by atoms with Gasteiger partial charge < -0.3 is 9.64 Å². The van der Waals surface area contributed by atoms with E-state index in [1.165, 1.54) is 17.9 Å². The number of para-hydroxylation sites is 1. The fraction of sp³-hybridized carbons (Fsp3) is 0.421. The van der Waals surface area contributed by atoms with Gasteiger partial charge in [0, 0.05) is 12.1 Å². The Balaban J connectivity index is 2.08. The smallest absolute Gasteiger partial charge is 0.278 e. The van der Waals surface area contributed by atoms with Gasteiger partial charge in [0.25, 0.3) is 11.5 Å². The van der Waals surface area contributed by atoms with Crippen molar-refractivity contribution in [2.24, 2.45) is 0 Å². The summed E-state index contributed by atoms with van der Waals surface area (Å²) in [5, 5.41) is 4.35. The topological polar surface area (TPSA) is 64.4 Å². The molecule has 1 aromatic heterocycles. The molecule has 1 fully saturated rings. The van der Waals surface area contributed by atoms with Gasteiger partial charge in [-0.3, -0.25) is 9.59 Å². The van der Waals surface area contributed by atoms with E-state index in [2.05, 4.69) is 5.10 Å². The van der Waals surface area contributed by atoms with Crippen LogP contribution in [0.5, 0.6) is 5.75 Å². The highest BCUT2D eigenvalue weighted by Gasteiger charge is 2.32. The van der Waals surface area contributed by atoms with Crippen LogP contribution in [-0.2, 0) is 0 Å². The molecule has 2 heterocycles. The van der Waals surface area contributed by atoms with Gasteiger partial charge in [-0.1, -0.05) is 18.2 Å². The van der Waals surface area contributed by atoms with Crippen LogP contribution in [-0.4, -0.2) is 39.8 Å². The SMILES string of the molecule is COc1cc(=O)n(-c2ccccc2)nc1C(=O)N1[C@H](C)CCC[C@H]1C. The number of amides is 1. The summed E-state index contributed by atoms with van der Waals surface area (Å²) in [4.78, 5) is 27.4. The third-order valence-corrected chi connectivity index (χ3v) is 4.75. The molecule has 132 valence electrons. The third kappa shape index (κ3) is 3.29. The number of methoxy groups -OCH3 is 1. The number of aromatic nitrogens is 2. The summed E-state index contributed by atoms with van der Waals surface area (Å²) < 4.78 is 6.52. The molecular weight excluding hydrogens is 318 g/mol. The number of benzene rings is 1. The fourth-order valence-electron chi connectivity index (χ4n) is 3.44. The van der Waals surface area contributed by atoms with Gasteiger partial charge in [0.2, 0.25) is 0 Å². The summed E-state index contributed by atoms with van der Waals surface area (Å²) in [6.45, 7) is 4.10. The normalized spacial score (nSPS) is 20.4. The second-order valence-corrected chi connectivity index (χ2v) is 6.49. The first-order valence-corrected chi connectivity index (χ1v) is 8.59. The lowest BCUT2D eigenvalue weighted by Crippen LogP contribution is -2.48. The second kappa shape index (κ2) is 7.09. The minimum absolute atomic E-state index is 0.139. The minimum atomic E-state index is -0.334. The molecule has 1 aromatic carbocycles. The van der Waals surface area contributed by atoms with Crippen LogP contribution in [0.15, 0.2) is 41.2 Å². The summed E-state index contributed by atoms with van der Waals surface area (Å²) in [6, 6.07) is 10.7. The van der Waals surface area contributed by atoms with Gasteiger partial charge in [-0.15, -0.1) is 0 Å². The van der Waals surface area contributed by atoms with E-state index in [0.717, 1.165) is 19.3 Å². The lowest BCUT2D eigenvalue weighted by molar-refractivity contribution is 0.0499. The summed E-state index contributed by atoms with van der Waals surface area (Å²) in [6.07, 6.45) is 3.05. The number of hydrogen-bond acceptors (Lipinski definition) is 4. The minimum Gasteiger partial charge on any atom is -0.494 e. The van der Waals surface area contributed by atoms with E-state index in [4.69, 9.17) is 4.74 Å². The van der Waals surface area contributed by atoms with Crippen LogP contribution in [0.4, 0.5) is 0 Å². The monoisotopic (exact) mass is 341 g/mol. The first-order chi connectivity index (χ1) is 12.0. The Labute approximate surface area is 147 Å². The predicted molar refractivity (Wildman–Crippen MR) is 95.3 cm³/mol. The number of likely N-dealkylation sites (tertiary alicyclic amines) is 1. The number of nitrogens with zero attached hydrogens (tertiary/aromatic N) is 3. The summed E-state index contributed by atoms with van der Waals surface area (Å²) in [7, 11) is 1.45. The summed E-state index contributed by atoms with van der Waals surface area (Å²) >= 11 is 0. The zero-order valence-corrected chi connectivity index (χ0v) is 14.8. The highest BCUT2D eigenvalue weighted by molar-refractivity contribution is 5.95. The molecule has 25 heavy (non-hydrogen) atoms. The van der Waals surface area contributed by atoms with Crippen LogP contribution in [0, 0.1) is 0 Å². The molecule has 6 heteroatoms. The molecule has 1 amide bonds. The lowest BCUT2D eigenvalue weighted by atomic mass is 9.97. The van der Waals surface area contributed by atoms with Gasteiger partial charge in [0.05, 0.1) is 18.9 Å². The van der Waals surface area contributed by atoms with Crippen molar-refractivity contribution >= 4 is 5.91 Å². The fourth-order valence-corrected chi connectivity index (χ4v) is 3.44. The van der Waals surface area contributed by atoms with Crippen LogP contribution in [0.3, 0.4) is 0 Å². The van der Waals surface area contributed by atoms with Crippen LogP contribution in [0.1, 0.15) is 43.6 Å². The maximum atomic E-state index is 13.2. The van der Waals surface area contributed by atoms with E-state index < -0.39 is 0 Å². The van der Waals surface area contributed by atoms with Crippen molar-refractivity contribution < 1.29 is 9.53 Å².